The van der Waals surface area contributed by atoms with E-state index in [9.17, 15) is 9.18 Å². The lowest BCUT2D eigenvalue weighted by atomic mass is 10.2. The minimum absolute atomic E-state index is 0.00929. The lowest BCUT2D eigenvalue weighted by Crippen LogP contribution is -2.39. The smallest absolute Gasteiger partial charge is 0.258 e. The summed E-state index contributed by atoms with van der Waals surface area (Å²) in [4.78, 5) is 27.3. The first-order valence-electron chi connectivity index (χ1n) is 9.33. The highest BCUT2D eigenvalue weighted by atomic mass is 19.1. The number of nitrogens with one attached hydrogen (secondary N) is 1. The molecule has 29 heavy (non-hydrogen) atoms. The summed E-state index contributed by atoms with van der Waals surface area (Å²) in [6, 6.07) is 11.2. The zero-order valence-electron chi connectivity index (χ0n) is 15.7. The molecule has 0 spiro atoms. The van der Waals surface area contributed by atoms with Crippen LogP contribution in [0.2, 0.25) is 0 Å². The SMILES string of the molecule is O=C(COc1ccc(F)cc1)NC1CCN(c2nccc(-c3cccnc3)n2)C1. The van der Waals surface area contributed by atoms with Gasteiger partial charge in [-0.2, -0.15) is 0 Å². The molecule has 0 aliphatic carbocycles. The van der Waals surface area contributed by atoms with E-state index in [1.807, 2.05) is 23.1 Å². The van der Waals surface area contributed by atoms with Crippen molar-refractivity contribution in [3.05, 3.63) is 66.9 Å². The minimum atomic E-state index is -0.345. The van der Waals surface area contributed by atoms with Crippen LogP contribution in [-0.4, -0.2) is 46.6 Å². The van der Waals surface area contributed by atoms with Crippen LogP contribution < -0.4 is 15.0 Å². The molecule has 0 saturated carbocycles. The molecule has 1 aliphatic heterocycles. The standard InChI is InChI=1S/C21H20FN5O2/c22-16-3-5-18(6-4-16)29-14-20(28)25-17-8-11-27(13-17)21-24-10-7-19(26-21)15-2-1-9-23-12-15/h1-7,9-10,12,17H,8,11,13-14H2,(H,25,28). The molecule has 1 unspecified atom stereocenters. The summed E-state index contributed by atoms with van der Waals surface area (Å²) in [6.45, 7) is 1.26. The van der Waals surface area contributed by atoms with Gasteiger partial charge in [0.05, 0.1) is 5.69 Å². The molecular weight excluding hydrogens is 373 g/mol. The van der Waals surface area contributed by atoms with E-state index in [0.29, 0.717) is 18.2 Å². The van der Waals surface area contributed by atoms with Crippen molar-refractivity contribution in [3.8, 4) is 17.0 Å². The van der Waals surface area contributed by atoms with E-state index in [-0.39, 0.29) is 24.4 Å². The van der Waals surface area contributed by atoms with Crippen LogP contribution in [-0.2, 0) is 4.79 Å². The van der Waals surface area contributed by atoms with Gasteiger partial charge in [-0.25, -0.2) is 14.4 Å². The molecule has 1 fully saturated rings. The molecule has 2 aromatic heterocycles. The third-order valence-electron chi connectivity index (χ3n) is 4.62. The van der Waals surface area contributed by atoms with Crippen LogP contribution in [0.1, 0.15) is 6.42 Å². The normalized spacial score (nSPS) is 15.9. The Morgan fingerprint density at radius 3 is 2.86 bits per heavy atom. The maximum Gasteiger partial charge on any atom is 0.258 e. The van der Waals surface area contributed by atoms with Crippen molar-refractivity contribution >= 4 is 11.9 Å². The molecule has 0 bridgehead atoms. The summed E-state index contributed by atoms with van der Waals surface area (Å²) in [5.41, 5.74) is 1.74. The average Bonchev–Trinajstić information content (AvgIpc) is 3.22. The zero-order valence-corrected chi connectivity index (χ0v) is 15.7. The lowest BCUT2D eigenvalue weighted by molar-refractivity contribution is -0.123. The van der Waals surface area contributed by atoms with Gasteiger partial charge >= 0.3 is 0 Å². The molecule has 1 aliphatic rings. The number of aromatic nitrogens is 3. The summed E-state index contributed by atoms with van der Waals surface area (Å²) < 4.78 is 18.3. The van der Waals surface area contributed by atoms with Gasteiger partial charge in [0.1, 0.15) is 11.6 Å². The number of benzene rings is 1. The van der Waals surface area contributed by atoms with Crippen molar-refractivity contribution in [2.75, 3.05) is 24.6 Å². The summed E-state index contributed by atoms with van der Waals surface area (Å²) in [7, 11) is 0. The molecule has 4 rings (SSSR count). The predicted octanol–water partition coefficient (Wildman–Crippen LogP) is 2.45. The number of halogens is 1. The summed E-state index contributed by atoms with van der Waals surface area (Å²) in [6.07, 6.45) is 6.01. The van der Waals surface area contributed by atoms with Crippen LogP contribution in [0.15, 0.2) is 61.1 Å². The summed E-state index contributed by atoms with van der Waals surface area (Å²) in [5, 5.41) is 2.96. The number of rotatable bonds is 6. The minimum Gasteiger partial charge on any atom is -0.484 e. The number of nitrogens with zero attached hydrogens (tertiary/aromatic N) is 4. The average molecular weight is 393 g/mol. The van der Waals surface area contributed by atoms with Gasteiger partial charge in [0.25, 0.3) is 5.91 Å². The molecule has 3 aromatic rings. The lowest BCUT2D eigenvalue weighted by Gasteiger charge is -2.17. The number of hydrogen-bond acceptors (Lipinski definition) is 6. The van der Waals surface area contributed by atoms with Crippen molar-refractivity contribution in [2.45, 2.75) is 12.5 Å². The Kier molecular flexibility index (Phi) is 5.60. The van der Waals surface area contributed by atoms with Crippen LogP contribution in [0.5, 0.6) is 5.75 Å². The Bertz CT molecular complexity index is 968. The van der Waals surface area contributed by atoms with E-state index < -0.39 is 0 Å². The molecule has 1 amide bonds. The van der Waals surface area contributed by atoms with Gasteiger partial charge in [-0.15, -0.1) is 0 Å². The second-order valence-electron chi connectivity index (χ2n) is 6.73. The van der Waals surface area contributed by atoms with Crippen molar-refractivity contribution < 1.29 is 13.9 Å². The molecule has 1 N–H and O–H groups in total. The van der Waals surface area contributed by atoms with Gasteiger partial charge in [0, 0.05) is 43.3 Å². The number of pyridine rings is 1. The van der Waals surface area contributed by atoms with Crippen LogP contribution in [0.4, 0.5) is 10.3 Å². The highest BCUT2D eigenvalue weighted by molar-refractivity contribution is 5.78. The summed E-state index contributed by atoms with van der Waals surface area (Å²) >= 11 is 0. The van der Waals surface area contributed by atoms with E-state index in [1.165, 1.54) is 24.3 Å². The topological polar surface area (TPSA) is 80.2 Å². The number of anilines is 1. The molecule has 1 atom stereocenters. The molecule has 148 valence electrons. The fraction of sp³-hybridized carbons (Fsp3) is 0.238. The molecule has 8 heteroatoms. The second kappa shape index (κ2) is 8.64. The quantitative estimate of drug-likeness (QED) is 0.693. The third kappa shape index (κ3) is 4.84. The van der Waals surface area contributed by atoms with E-state index in [2.05, 4.69) is 20.3 Å². The first-order chi connectivity index (χ1) is 14.2. The monoisotopic (exact) mass is 393 g/mol. The largest absolute Gasteiger partial charge is 0.484 e. The Hall–Kier alpha value is -3.55. The van der Waals surface area contributed by atoms with E-state index in [1.54, 1.807) is 18.6 Å². The maximum absolute atomic E-state index is 12.9. The number of ether oxygens (including phenoxy) is 1. The summed E-state index contributed by atoms with van der Waals surface area (Å²) in [5.74, 6) is 0.523. The van der Waals surface area contributed by atoms with Gasteiger partial charge in [0.15, 0.2) is 6.61 Å². The van der Waals surface area contributed by atoms with Gasteiger partial charge in [-0.1, -0.05) is 0 Å². The number of carbonyl (C=O) groups is 1. The van der Waals surface area contributed by atoms with Crippen molar-refractivity contribution in [3.63, 3.8) is 0 Å². The third-order valence-corrected chi connectivity index (χ3v) is 4.62. The van der Waals surface area contributed by atoms with E-state index in [4.69, 9.17) is 4.74 Å². The first kappa shape index (κ1) is 18.8. The fourth-order valence-electron chi connectivity index (χ4n) is 3.18. The van der Waals surface area contributed by atoms with Crippen molar-refractivity contribution in [1.29, 1.82) is 0 Å². The Labute approximate surface area is 167 Å². The van der Waals surface area contributed by atoms with Crippen LogP contribution >= 0.6 is 0 Å². The van der Waals surface area contributed by atoms with Gasteiger partial charge in [0.2, 0.25) is 5.95 Å². The predicted molar refractivity (Wildman–Crippen MR) is 106 cm³/mol. The molecule has 3 heterocycles. The second-order valence-corrected chi connectivity index (χ2v) is 6.73. The molecule has 0 radical (unpaired) electrons. The van der Waals surface area contributed by atoms with Crippen LogP contribution in [0.3, 0.4) is 0 Å². The van der Waals surface area contributed by atoms with Crippen LogP contribution in [0, 0.1) is 5.82 Å². The van der Waals surface area contributed by atoms with Gasteiger partial charge in [-0.05, 0) is 48.9 Å². The van der Waals surface area contributed by atoms with E-state index in [0.717, 1.165) is 24.2 Å². The van der Waals surface area contributed by atoms with Crippen molar-refractivity contribution in [2.24, 2.45) is 0 Å². The maximum atomic E-state index is 12.9. The Balaban J connectivity index is 1.31. The van der Waals surface area contributed by atoms with Crippen LogP contribution in [0.25, 0.3) is 11.3 Å². The van der Waals surface area contributed by atoms with E-state index >= 15 is 0 Å². The molecular formula is C21H20FN5O2. The number of carbonyl (C=O) groups excluding carboxylic acids is 1. The highest BCUT2D eigenvalue weighted by Gasteiger charge is 2.26. The van der Waals surface area contributed by atoms with Gasteiger partial charge < -0.3 is 15.0 Å². The van der Waals surface area contributed by atoms with Crippen molar-refractivity contribution in [1.82, 2.24) is 20.3 Å². The number of amides is 1. The Morgan fingerprint density at radius 1 is 1.21 bits per heavy atom. The molecule has 1 saturated heterocycles. The molecule has 1 aromatic carbocycles. The van der Waals surface area contributed by atoms with Gasteiger partial charge in [-0.3, -0.25) is 9.78 Å². The highest BCUT2D eigenvalue weighted by Crippen LogP contribution is 2.21. The number of hydrogen-bond donors (Lipinski definition) is 1. The zero-order chi connectivity index (χ0) is 20.1. The molecule has 7 nitrogen and oxygen atoms in total. The first-order valence-corrected chi connectivity index (χ1v) is 9.33. The Morgan fingerprint density at radius 2 is 2.07 bits per heavy atom. The fourth-order valence-corrected chi connectivity index (χ4v) is 3.18.